The Morgan fingerprint density at radius 1 is 1.20 bits per heavy atom. The quantitative estimate of drug-likeness (QED) is 0.835. The summed E-state index contributed by atoms with van der Waals surface area (Å²) in [5, 5.41) is 3.89. The van der Waals surface area contributed by atoms with Gasteiger partial charge in [0.05, 0.1) is 0 Å². The van der Waals surface area contributed by atoms with E-state index in [1.54, 1.807) is 12.1 Å². The van der Waals surface area contributed by atoms with Crippen LogP contribution in [0.5, 0.6) is 0 Å². The Balaban J connectivity index is 1.68. The molecule has 0 saturated heterocycles. The Morgan fingerprint density at radius 2 is 2.00 bits per heavy atom. The van der Waals surface area contributed by atoms with Crippen molar-refractivity contribution in [2.24, 2.45) is 5.92 Å². The molecule has 0 aromatic heterocycles. The van der Waals surface area contributed by atoms with Crippen molar-refractivity contribution in [1.29, 1.82) is 0 Å². The Hall–Kier alpha value is -0.890. The molecule has 110 valence electrons. The molecule has 2 unspecified atom stereocenters. The average molecular weight is 275 g/mol. The minimum Gasteiger partial charge on any atom is -0.307 e. The fraction of sp³-hybridized carbons (Fsp3) is 0.667. The predicted molar refractivity (Wildman–Crippen MR) is 81.3 cm³/mol. The molecule has 0 spiro atoms. The molecular formula is C18H26FN. The summed E-state index contributed by atoms with van der Waals surface area (Å²) in [7, 11) is 0. The molecule has 2 aliphatic carbocycles. The normalized spacial score (nSPS) is 24.6. The zero-order chi connectivity index (χ0) is 13.9. The fourth-order valence-corrected chi connectivity index (χ4v) is 4.14. The molecule has 2 heteroatoms. The maximum Gasteiger partial charge on any atom is 0.123 e. The molecule has 0 aliphatic heterocycles. The lowest BCUT2D eigenvalue weighted by Gasteiger charge is -2.32. The molecule has 0 bridgehead atoms. The van der Waals surface area contributed by atoms with Gasteiger partial charge in [0.1, 0.15) is 5.82 Å². The van der Waals surface area contributed by atoms with Crippen LogP contribution in [0, 0.1) is 11.7 Å². The number of hydrogen-bond donors (Lipinski definition) is 1. The van der Waals surface area contributed by atoms with Crippen LogP contribution in [0.2, 0.25) is 0 Å². The average Bonchev–Trinajstić information content (AvgIpc) is 2.87. The Bertz CT molecular complexity index is 451. The van der Waals surface area contributed by atoms with Crippen molar-refractivity contribution in [1.82, 2.24) is 5.32 Å². The summed E-state index contributed by atoms with van der Waals surface area (Å²) < 4.78 is 13.3. The smallest absolute Gasteiger partial charge is 0.123 e. The first kappa shape index (κ1) is 14.1. The van der Waals surface area contributed by atoms with Gasteiger partial charge in [-0.05, 0) is 61.3 Å². The lowest BCUT2D eigenvalue weighted by Crippen LogP contribution is -2.38. The number of benzene rings is 1. The first-order chi connectivity index (χ1) is 9.78. The summed E-state index contributed by atoms with van der Waals surface area (Å²) in [5.74, 6) is 0.752. The number of fused-ring (bicyclic) bond motifs is 1. The monoisotopic (exact) mass is 275 g/mol. The second-order valence-electron chi connectivity index (χ2n) is 6.51. The summed E-state index contributed by atoms with van der Waals surface area (Å²) in [6, 6.07) is 6.40. The zero-order valence-corrected chi connectivity index (χ0v) is 12.5. The highest BCUT2D eigenvalue weighted by molar-refractivity contribution is 5.35. The predicted octanol–water partition coefficient (Wildman–Crippen LogP) is 4.76. The highest BCUT2D eigenvalue weighted by Gasteiger charge is 2.28. The van der Waals surface area contributed by atoms with Gasteiger partial charge >= 0.3 is 0 Å². The molecule has 0 heterocycles. The SMILES string of the molecule is CCC(NC1CCc2cc(F)ccc21)C1CCCCC1. The number of nitrogens with one attached hydrogen (secondary N) is 1. The van der Waals surface area contributed by atoms with Crippen LogP contribution in [0.25, 0.3) is 0 Å². The molecule has 2 aliphatic rings. The van der Waals surface area contributed by atoms with Crippen LogP contribution >= 0.6 is 0 Å². The third-order valence-corrected chi connectivity index (χ3v) is 5.26. The van der Waals surface area contributed by atoms with Gasteiger partial charge in [-0.3, -0.25) is 0 Å². The van der Waals surface area contributed by atoms with Crippen molar-refractivity contribution >= 4 is 0 Å². The molecule has 2 atom stereocenters. The van der Waals surface area contributed by atoms with Crippen molar-refractivity contribution in [2.45, 2.75) is 70.4 Å². The van der Waals surface area contributed by atoms with E-state index in [9.17, 15) is 4.39 Å². The largest absolute Gasteiger partial charge is 0.307 e. The minimum atomic E-state index is -0.0938. The van der Waals surface area contributed by atoms with E-state index in [1.165, 1.54) is 49.7 Å². The summed E-state index contributed by atoms with van der Waals surface area (Å²) in [5.41, 5.74) is 2.54. The van der Waals surface area contributed by atoms with Gasteiger partial charge in [-0.1, -0.05) is 32.3 Å². The first-order valence-electron chi connectivity index (χ1n) is 8.32. The van der Waals surface area contributed by atoms with Crippen molar-refractivity contribution in [2.75, 3.05) is 0 Å². The first-order valence-corrected chi connectivity index (χ1v) is 8.32. The van der Waals surface area contributed by atoms with Crippen LogP contribution in [-0.2, 0) is 6.42 Å². The molecule has 1 saturated carbocycles. The van der Waals surface area contributed by atoms with E-state index in [-0.39, 0.29) is 5.82 Å². The lowest BCUT2D eigenvalue weighted by molar-refractivity contribution is 0.245. The molecule has 1 fully saturated rings. The Morgan fingerprint density at radius 3 is 2.75 bits per heavy atom. The third-order valence-electron chi connectivity index (χ3n) is 5.26. The van der Waals surface area contributed by atoms with Gasteiger partial charge in [0.15, 0.2) is 0 Å². The molecule has 20 heavy (non-hydrogen) atoms. The highest BCUT2D eigenvalue weighted by atomic mass is 19.1. The van der Waals surface area contributed by atoms with E-state index in [1.807, 2.05) is 6.07 Å². The van der Waals surface area contributed by atoms with E-state index in [4.69, 9.17) is 0 Å². The van der Waals surface area contributed by atoms with Gasteiger partial charge in [-0.2, -0.15) is 0 Å². The summed E-state index contributed by atoms with van der Waals surface area (Å²) in [6.45, 7) is 2.30. The van der Waals surface area contributed by atoms with Crippen LogP contribution in [0.15, 0.2) is 18.2 Å². The second-order valence-corrected chi connectivity index (χ2v) is 6.51. The molecule has 1 aromatic rings. The molecule has 0 radical (unpaired) electrons. The van der Waals surface area contributed by atoms with Crippen LogP contribution in [-0.4, -0.2) is 6.04 Å². The Labute approximate surface area is 122 Å². The van der Waals surface area contributed by atoms with Crippen molar-refractivity contribution in [3.05, 3.63) is 35.1 Å². The zero-order valence-electron chi connectivity index (χ0n) is 12.5. The van der Waals surface area contributed by atoms with Gasteiger partial charge in [0.25, 0.3) is 0 Å². The van der Waals surface area contributed by atoms with Crippen molar-refractivity contribution in [3.63, 3.8) is 0 Å². The van der Waals surface area contributed by atoms with Gasteiger partial charge in [0, 0.05) is 12.1 Å². The standard InChI is InChI=1S/C18H26FN/c1-2-17(13-6-4-3-5-7-13)20-18-11-8-14-12-15(19)9-10-16(14)18/h9-10,12-13,17-18,20H,2-8,11H2,1H3. The van der Waals surface area contributed by atoms with E-state index >= 15 is 0 Å². The fourth-order valence-electron chi connectivity index (χ4n) is 4.14. The number of hydrogen-bond acceptors (Lipinski definition) is 1. The van der Waals surface area contributed by atoms with E-state index in [0.29, 0.717) is 12.1 Å². The molecule has 1 N–H and O–H groups in total. The second kappa shape index (κ2) is 6.26. The summed E-state index contributed by atoms with van der Waals surface area (Å²) in [4.78, 5) is 0. The highest BCUT2D eigenvalue weighted by Crippen LogP contribution is 2.34. The van der Waals surface area contributed by atoms with Gasteiger partial charge in [0.2, 0.25) is 0 Å². The van der Waals surface area contributed by atoms with Crippen molar-refractivity contribution in [3.8, 4) is 0 Å². The summed E-state index contributed by atoms with van der Waals surface area (Å²) >= 11 is 0. The van der Waals surface area contributed by atoms with Gasteiger partial charge in [-0.25, -0.2) is 4.39 Å². The molecule has 1 nitrogen and oxygen atoms in total. The molecule has 3 rings (SSSR count). The molecule has 1 aromatic carbocycles. The van der Waals surface area contributed by atoms with Gasteiger partial charge < -0.3 is 5.32 Å². The number of aryl methyl sites for hydroxylation is 1. The van der Waals surface area contributed by atoms with Crippen LogP contribution < -0.4 is 5.32 Å². The van der Waals surface area contributed by atoms with E-state index in [2.05, 4.69) is 12.2 Å². The Kier molecular flexibility index (Phi) is 4.40. The van der Waals surface area contributed by atoms with Crippen LogP contribution in [0.1, 0.15) is 69.0 Å². The number of rotatable bonds is 4. The van der Waals surface area contributed by atoms with Gasteiger partial charge in [-0.15, -0.1) is 0 Å². The molecular weight excluding hydrogens is 249 g/mol. The van der Waals surface area contributed by atoms with Crippen molar-refractivity contribution < 1.29 is 4.39 Å². The van der Waals surface area contributed by atoms with E-state index < -0.39 is 0 Å². The summed E-state index contributed by atoms with van der Waals surface area (Å²) in [6.07, 6.45) is 10.3. The maximum absolute atomic E-state index is 13.3. The van der Waals surface area contributed by atoms with Crippen LogP contribution in [0.3, 0.4) is 0 Å². The topological polar surface area (TPSA) is 12.0 Å². The number of halogens is 1. The molecule has 0 amide bonds. The van der Waals surface area contributed by atoms with Crippen LogP contribution in [0.4, 0.5) is 4.39 Å². The third kappa shape index (κ3) is 2.90. The minimum absolute atomic E-state index is 0.0938. The van der Waals surface area contributed by atoms with E-state index in [0.717, 1.165) is 18.8 Å². The lowest BCUT2D eigenvalue weighted by atomic mass is 9.82. The maximum atomic E-state index is 13.3.